The maximum atomic E-state index is 13.8. The summed E-state index contributed by atoms with van der Waals surface area (Å²) in [5, 5.41) is 0.155. The van der Waals surface area contributed by atoms with Crippen molar-refractivity contribution in [2.45, 2.75) is 9.79 Å². The molecule has 6 nitrogen and oxygen atoms in total. The number of rotatable bonds is 4. The van der Waals surface area contributed by atoms with Gasteiger partial charge in [-0.2, -0.15) is 0 Å². The highest BCUT2D eigenvalue weighted by molar-refractivity contribution is 7.93. The zero-order valence-corrected chi connectivity index (χ0v) is 14.6. The van der Waals surface area contributed by atoms with E-state index in [2.05, 4.69) is 9.71 Å². The molecule has 2 aromatic carbocycles. The monoisotopic (exact) mass is 380 g/mol. The minimum absolute atomic E-state index is 0.0437. The number of benzene rings is 2. The number of sulfone groups is 1. The number of nitrogens with zero attached hydrogens (tertiary/aromatic N) is 1. The number of nitrogens with one attached hydrogen (secondary N) is 1. The van der Waals surface area contributed by atoms with Gasteiger partial charge in [-0.05, 0) is 48.5 Å². The van der Waals surface area contributed by atoms with Crippen LogP contribution in [0.4, 0.5) is 10.1 Å². The predicted octanol–water partition coefficient (Wildman–Crippen LogP) is 2.58. The second-order valence-electron chi connectivity index (χ2n) is 5.35. The summed E-state index contributed by atoms with van der Waals surface area (Å²) in [5.41, 5.74) is 0.145. The Morgan fingerprint density at radius 2 is 1.64 bits per heavy atom. The fraction of sp³-hybridized carbons (Fsp3) is 0.0625. The predicted molar refractivity (Wildman–Crippen MR) is 92.1 cm³/mol. The average molecular weight is 380 g/mol. The van der Waals surface area contributed by atoms with E-state index in [0.717, 1.165) is 18.4 Å². The summed E-state index contributed by atoms with van der Waals surface area (Å²) in [6.07, 6.45) is 2.43. The van der Waals surface area contributed by atoms with Gasteiger partial charge in [0.1, 0.15) is 11.3 Å². The van der Waals surface area contributed by atoms with Gasteiger partial charge in [-0.25, -0.2) is 21.2 Å². The molecule has 0 fully saturated rings. The minimum atomic E-state index is -4.01. The normalized spacial score (nSPS) is 12.2. The molecule has 0 saturated carbocycles. The summed E-state index contributed by atoms with van der Waals surface area (Å²) in [6.45, 7) is 0. The van der Waals surface area contributed by atoms with Crippen molar-refractivity contribution < 1.29 is 21.2 Å². The third kappa shape index (κ3) is 3.47. The summed E-state index contributed by atoms with van der Waals surface area (Å²) < 4.78 is 64.3. The van der Waals surface area contributed by atoms with Gasteiger partial charge in [-0.3, -0.25) is 9.71 Å². The van der Waals surface area contributed by atoms with E-state index >= 15 is 0 Å². The fourth-order valence-electron chi connectivity index (χ4n) is 2.33. The van der Waals surface area contributed by atoms with E-state index < -0.39 is 25.7 Å². The molecule has 25 heavy (non-hydrogen) atoms. The molecular weight excluding hydrogens is 367 g/mol. The Bertz CT molecular complexity index is 1160. The van der Waals surface area contributed by atoms with Gasteiger partial charge < -0.3 is 0 Å². The van der Waals surface area contributed by atoms with Crippen LogP contribution in [-0.2, 0) is 19.9 Å². The molecule has 1 N–H and O–H groups in total. The molecule has 9 heteroatoms. The van der Waals surface area contributed by atoms with Gasteiger partial charge in [0.15, 0.2) is 9.84 Å². The van der Waals surface area contributed by atoms with E-state index in [9.17, 15) is 21.2 Å². The minimum Gasteiger partial charge on any atom is -0.280 e. The lowest BCUT2D eigenvalue weighted by Crippen LogP contribution is -2.14. The molecule has 0 amide bonds. The molecule has 1 aromatic heterocycles. The van der Waals surface area contributed by atoms with E-state index in [4.69, 9.17) is 0 Å². The Balaban J connectivity index is 2.02. The number of hydrogen-bond acceptors (Lipinski definition) is 5. The van der Waals surface area contributed by atoms with Crippen molar-refractivity contribution in [3.8, 4) is 0 Å². The molecule has 3 aromatic rings. The maximum absolute atomic E-state index is 13.8. The van der Waals surface area contributed by atoms with E-state index in [1.54, 1.807) is 0 Å². The molecule has 0 aliphatic carbocycles. The molecule has 130 valence electrons. The standard InChI is InChI=1S/C16H13FN2O4S2/c1-24(20,21)12-6-4-11(5-7-12)19-25(22,23)15-9-8-14(17)16-13(15)3-2-10-18-16/h2-10,19H,1H3. The topological polar surface area (TPSA) is 93.2 Å². The van der Waals surface area contributed by atoms with E-state index in [1.165, 1.54) is 42.6 Å². The molecule has 0 unspecified atom stereocenters. The van der Waals surface area contributed by atoms with Gasteiger partial charge >= 0.3 is 0 Å². The SMILES string of the molecule is CS(=O)(=O)c1ccc(NS(=O)(=O)c2ccc(F)c3ncccc23)cc1. The van der Waals surface area contributed by atoms with Gasteiger partial charge in [0.25, 0.3) is 10.0 Å². The van der Waals surface area contributed by atoms with Crippen molar-refractivity contribution in [2.75, 3.05) is 11.0 Å². The third-order valence-electron chi connectivity index (χ3n) is 3.50. The molecule has 0 spiro atoms. The molecule has 3 rings (SSSR count). The highest BCUT2D eigenvalue weighted by atomic mass is 32.2. The first kappa shape index (κ1) is 17.3. The van der Waals surface area contributed by atoms with Crippen LogP contribution in [0.15, 0.2) is 64.5 Å². The zero-order chi connectivity index (χ0) is 18.2. The van der Waals surface area contributed by atoms with Crippen molar-refractivity contribution >= 4 is 36.5 Å². The van der Waals surface area contributed by atoms with Gasteiger partial charge in [0, 0.05) is 23.5 Å². The number of aromatic nitrogens is 1. The van der Waals surface area contributed by atoms with Crippen molar-refractivity contribution in [3.63, 3.8) is 0 Å². The summed E-state index contributed by atoms with van der Waals surface area (Å²) in [7, 11) is -7.39. The Morgan fingerprint density at radius 1 is 0.960 bits per heavy atom. The Labute approximate surface area is 144 Å². The quantitative estimate of drug-likeness (QED) is 0.751. The molecule has 0 aliphatic heterocycles. The van der Waals surface area contributed by atoms with Crippen LogP contribution >= 0.6 is 0 Å². The van der Waals surface area contributed by atoms with Crippen molar-refractivity contribution in [1.29, 1.82) is 0 Å². The number of anilines is 1. The van der Waals surface area contributed by atoms with Gasteiger partial charge in [-0.15, -0.1) is 0 Å². The lowest BCUT2D eigenvalue weighted by molar-refractivity contribution is 0.600. The first-order valence-electron chi connectivity index (χ1n) is 7.05. The Hall–Kier alpha value is -2.52. The summed E-state index contributed by atoms with van der Waals surface area (Å²) in [4.78, 5) is 3.82. The van der Waals surface area contributed by atoms with Crippen LogP contribution in [0.3, 0.4) is 0 Å². The lowest BCUT2D eigenvalue weighted by atomic mass is 10.2. The van der Waals surface area contributed by atoms with Crippen molar-refractivity contribution in [3.05, 3.63) is 60.5 Å². The number of halogens is 1. The fourth-order valence-corrected chi connectivity index (χ4v) is 4.21. The first-order valence-corrected chi connectivity index (χ1v) is 10.4. The molecule has 0 aliphatic rings. The summed E-state index contributed by atoms with van der Waals surface area (Å²) in [5.74, 6) is -0.618. The van der Waals surface area contributed by atoms with Crippen LogP contribution < -0.4 is 4.72 Å². The van der Waals surface area contributed by atoms with Crippen LogP contribution in [0, 0.1) is 5.82 Å². The Morgan fingerprint density at radius 3 is 2.28 bits per heavy atom. The number of pyridine rings is 1. The van der Waals surface area contributed by atoms with Crippen molar-refractivity contribution in [1.82, 2.24) is 4.98 Å². The van der Waals surface area contributed by atoms with E-state index in [-0.39, 0.29) is 26.4 Å². The highest BCUT2D eigenvalue weighted by Gasteiger charge is 2.19. The second-order valence-corrected chi connectivity index (χ2v) is 9.01. The number of sulfonamides is 1. The average Bonchev–Trinajstić information content (AvgIpc) is 2.54. The molecular formula is C16H13FN2O4S2. The largest absolute Gasteiger partial charge is 0.280 e. The molecule has 0 saturated heterocycles. The van der Waals surface area contributed by atoms with E-state index in [0.29, 0.717) is 0 Å². The van der Waals surface area contributed by atoms with Crippen molar-refractivity contribution in [2.24, 2.45) is 0 Å². The van der Waals surface area contributed by atoms with Crippen LogP contribution in [0.25, 0.3) is 10.9 Å². The van der Waals surface area contributed by atoms with Gasteiger partial charge in [0.05, 0.1) is 9.79 Å². The number of fused-ring (bicyclic) bond motifs is 1. The van der Waals surface area contributed by atoms with Gasteiger partial charge in [0.2, 0.25) is 0 Å². The highest BCUT2D eigenvalue weighted by Crippen LogP contribution is 2.26. The maximum Gasteiger partial charge on any atom is 0.262 e. The molecule has 0 atom stereocenters. The summed E-state index contributed by atoms with van der Waals surface area (Å²) in [6, 6.07) is 10.5. The number of hydrogen-bond donors (Lipinski definition) is 1. The second kappa shape index (κ2) is 6.08. The van der Waals surface area contributed by atoms with Crippen LogP contribution in [0.1, 0.15) is 0 Å². The lowest BCUT2D eigenvalue weighted by Gasteiger charge is -2.11. The van der Waals surface area contributed by atoms with Crippen LogP contribution in [0.5, 0.6) is 0 Å². The van der Waals surface area contributed by atoms with Crippen LogP contribution in [-0.4, -0.2) is 28.1 Å². The Kier molecular flexibility index (Phi) is 4.21. The summed E-state index contributed by atoms with van der Waals surface area (Å²) >= 11 is 0. The first-order chi connectivity index (χ1) is 11.7. The van der Waals surface area contributed by atoms with Gasteiger partial charge in [-0.1, -0.05) is 0 Å². The van der Waals surface area contributed by atoms with E-state index in [1.807, 2.05) is 0 Å². The molecule has 0 bridgehead atoms. The zero-order valence-electron chi connectivity index (χ0n) is 13.0. The molecule has 0 radical (unpaired) electrons. The molecule has 1 heterocycles. The third-order valence-corrected chi connectivity index (χ3v) is 6.07. The van der Waals surface area contributed by atoms with Crippen LogP contribution in [0.2, 0.25) is 0 Å². The smallest absolute Gasteiger partial charge is 0.262 e.